The summed E-state index contributed by atoms with van der Waals surface area (Å²) in [6.45, 7) is 0. The Morgan fingerprint density at radius 1 is 1.21 bits per heavy atom. The normalized spacial score (nSPS) is 16.0. The first kappa shape index (κ1) is 15.0. The van der Waals surface area contributed by atoms with E-state index in [1.807, 2.05) is 12.1 Å². The van der Waals surface area contributed by atoms with Crippen molar-refractivity contribution in [1.82, 2.24) is 9.55 Å². The van der Waals surface area contributed by atoms with Crippen LogP contribution in [0.5, 0.6) is 0 Å². The molecule has 2 aromatic carbocycles. The number of benzene rings is 2. The van der Waals surface area contributed by atoms with Crippen molar-refractivity contribution in [3.63, 3.8) is 0 Å². The van der Waals surface area contributed by atoms with Gasteiger partial charge >= 0.3 is 11.7 Å². The largest absolute Gasteiger partial charge is 0.478 e. The maximum Gasteiger partial charge on any atom is 0.335 e. The maximum atomic E-state index is 12.6. The van der Waals surface area contributed by atoms with Gasteiger partial charge in [0.05, 0.1) is 22.1 Å². The second-order valence-corrected chi connectivity index (χ2v) is 6.63. The fourth-order valence-electron chi connectivity index (χ4n) is 3.60. The SMILES string of the molecule is O=C(O)c1cccc(C2(n3c(=O)[nH]c4cc(Cl)ccc43)CCC2)c1. The number of hydrogen-bond acceptors (Lipinski definition) is 2. The standard InChI is InChI=1S/C18H15ClN2O3/c19-13-5-6-15-14(10-13)20-17(24)21(15)18(7-2-8-18)12-4-1-3-11(9-12)16(22)23/h1,3-6,9-10H,2,7-8H2,(H,20,24)(H,22,23). The molecule has 1 aliphatic carbocycles. The van der Waals surface area contributed by atoms with E-state index in [1.54, 1.807) is 34.9 Å². The Morgan fingerprint density at radius 3 is 2.67 bits per heavy atom. The van der Waals surface area contributed by atoms with Gasteiger partial charge in [-0.2, -0.15) is 0 Å². The highest BCUT2D eigenvalue weighted by Gasteiger charge is 2.43. The third-order valence-electron chi connectivity index (χ3n) is 4.90. The van der Waals surface area contributed by atoms with E-state index in [4.69, 9.17) is 11.6 Å². The van der Waals surface area contributed by atoms with Crippen LogP contribution in [0, 0.1) is 0 Å². The van der Waals surface area contributed by atoms with E-state index in [0.717, 1.165) is 30.3 Å². The van der Waals surface area contributed by atoms with E-state index in [1.165, 1.54) is 0 Å². The summed E-state index contributed by atoms with van der Waals surface area (Å²) in [6.07, 6.45) is 2.58. The number of H-pyrrole nitrogens is 1. The van der Waals surface area contributed by atoms with Crippen LogP contribution in [0.2, 0.25) is 5.02 Å². The molecule has 0 amide bonds. The van der Waals surface area contributed by atoms with Gasteiger partial charge in [0.2, 0.25) is 0 Å². The van der Waals surface area contributed by atoms with Crippen LogP contribution in [0.1, 0.15) is 35.2 Å². The molecule has 1 saturated carbocycles. The lowest BCUT2D eigenvalue weighted by Crippen LogP contribution is -2.46. The van der Waals surface area contributed by atoms with E-state index in [2.05, 4.69) is 4.98 Å². The third-order valence-corrected chi connectivity index (χ3v) is 5.13. The number of carboxylic acid groups (broad SMARTS) is 1. The molecule has 0 saturated heterocycles. The maximum absolute atomic E-state index is 12.6. The van der Waals surface area contributed by atoms with Crippen molar-refractivity contribution in [2.45, 2.75) is 24.8 Å². The van der Waals surface area contributed by atoms with Crippen LogP contribution >= 0.6 is 11.6 Å². The van der Waals surface area contributed by atoms with Gasteiger partial charge in [-0.15, -0.1) is 0 Å². The Bertz CT molecular complexity index is 1010. The van der Waals surface area contributed by atoms with Crippen LogP contribution < -0.4 is 5.69 Å². The Balaban J connectivity index is 1.96. The molecule has 0 spiro atoms. The summed E-state index contributed by atoms with van der Waals surface area (Å²) in [5.74, 6) is -0.968. The molecular weight excluding hydrogens is 328 g/mol. The summed E-state index contributed by atoms with van der Waals surface area (Å²) in [5.41, 5.74) is 1.85. The van der Waals surface area contributed by atoms with Gasteiger partial charge in [0.15, 0.2) is 0 Å². The quantitative estimate of drug-likeness (QED) is 0.763. The predicted octanol–water partition coefficient (Wildman–Crippen LogP) is 3.61. The molecule has 2 N–H and O–H groups in total. The summed E-state index contributed by atoms with van der Waals surface area (Å²) in [6, 6.07) is 12.2. The molecule has 0 aliphatic heterocycles. The second kappa shape index (κ2) is 5.24. The number of halogens is 1. The highest BCUT2D eigenvalue weighted by atomic mass is 35.5. The number of carbonyl (C=O) groups is 1. The van der Waals surface area contributed by atoms with Crippen molar-refractivity contribution in [2.24, 2.45) is 0 Å². The molecule has 6 heteroatoms. The average molecular weight is 343 g/mol. The molecule has 122 valence electrons. The molecule has 0 atom stereocenters. The van der Waals surface area contributed by atoms with Crippen molar-refractivity contribution in [1.29, 1.82) is 0 Å². The monoisotopic (exact) mass is 342 g/mol. The van der Waals surface area contributed by atoms with Gasteiger partial charge in [0.1, 0.15) is 0 Å². The highest BCUT2D eigenvalue weighted by Crippen LogP contribution is 2.45. The summed E-state index contributed by atoms with van der Waals surface area (Å²) in [5, 5.41) is 9.83. The number of carboxylic acids is 1. The zero-order chi connectivity index (χ0) is 16.9. The van der Waals surface area contributed by atoms with Crippen LogP contribution in [0.4, 0.5) is 0 Å². The van der Waals surface area contributed by atoms with E-state index in [-0.39, 0.29) is 11.3 Å². The summed E-state index contributed by atoms with van der Waals surface area (Å²) >= 11 is 6.02. The summed E-state index contributed by atoms with van der Waals surface area (Å²) in [4.78, 5) is 26.8. The first-order valence-electron chi connectivity index (χ1n) is 7.76. The fourth-order valence-corrected chi connectivity index (χ4v) is 3.78. The van der Waals surface area contributed by atoms with E-state index in [0.29, 0.717) is 10.5 Å². The minimum absolute atomic E-state index is 0.201. The van der Waals surface area contributed by atoms with E-state index >= 15 is 0 Å². The van der Waals surface area contributed by atoms with Gasteiger partial charge in [-0.05, 0) is 55.2 Å². The average Bonchev–Trinajstić information content (AvgIpc) is 2.82. The first-order chi connectivity index (χ1) is 11.5. The number of fused-ring (bicyclic) bond motifs is 1. The van der Waals surface area contributed by atoms with Gasteiger partial charge in [-0.25, -0.2) is 9.59 Å². The van der Waals surface area contributed by atoms with Gasteiger partial charge in [0.25, 0.3) is 0 Å². The Labute approximate surface area is 142 Å². The fraction of sp³-hybridized carbons (Fsp3) is 0.222. The molecule has 1 aliphatic rings. The molecule has 4 rings (SSSR count). The van der Waals surface area contributed by atoms with Crippen molar-refractivity contribution >= 4 is 28.6 Å². The molecule has 0 bridgehead atoms. The molecular formula is C18H15ClN2O3. The number of aromatic nitrogens is 2. The van der Waals surface area contributed by atoms with Gasteiger partial charge in [-0.1, -0.05) is 23.7 Å². The number of hydrogen-bond donors (Lipinski definition) is 2. The number of aromatic carboxylic acids is 1. The van der Waals surface area contributed by atoms with Crippen LogP contribution in [-0.2, 0) is 5.54 Å². The summed E-state index contributed by atoms with van der Waals surface area (Å²) in [7, 11) is 0. The molecule has 1 fully saturated rings. The second-order valence-electron chi connectivity index (χ2n) is 6.20. The van der Waals surface area contributed by atoms with E-state index in [9.17, 15) is 14.7 Å². The lowest BCUT2D eigenvalue weighted by atomic mass is 9.71. The van der Waals surface area contributed by atoms with Crippen molar-refractivity contribution in [2.75, 3.05) is 0 Å². The van der Waals surface area contributed by atoms with Crippen molar-refractivity contribution in [3.05, 3.63) is 69.1 Å². The lowest BCUT2D eigenvalue weighted by Gasteiger charge is -2.43. The molecule has 5 nitrogen and oxygen atoms in total. The Hall–Kier alpha value is -2.53. The topological polar surface area (TPSA) is 75.1 Å². The van der Waals surface area contributed by atoms with Crippen molar-refractivity contribution < 1.29 is 9.90 Å². The zero-order valence-electron chi connectivity index (χ0n) is 12.8. The minimum Gasteiger partial charge on any atom is -0.478 e. The number of nitrogens with one attached hydrogen (secondary N) is 1. The number of aromatic amines is 1. The number of nitrogens with zero attached hydrogens (tertiary/aromatic N) is 1. The molecule has 1 heterocycles. The molecule has 1 aromatic heterocycles. The zero-order valence-corrected chi connectivity index (χ0v) is 13.5. The molecule has 3 aromatic rings. The van der Waals surface area contributed by atoms with Gasteiger partial charge in [-0.3, -0.25) is 4.57 Å². The van der Waals surface area contributed by atoms with Crippen LogP contribution in [0.25, 0.3) is 11.0 Å². The molecule has 0 unspecified atom stereocenters. The van der Waals surface area contributed by atoms with Gasteiger partial charge < -0.3 is 10.1 Å². The Morgan fingerprint density at radius 2 is 2.00 bits per heavy atom. The third kappa shape index (κ3) is 2.08. The number of rotatable bonds is 3. The van der Waals surface area contributed by atoms with Gasteiger partial charge in [0, 0.05) is 5.02 Å². The lowest BCUT2D eigenvalue weighted by molar-refractivity contribution is 0.0696. The van der Waals surface area contributed by atoms with Crippen LogP contribution in [0.15, 0.2) is 47.3 Å². The smallest absolute Gasteiger partial charge is 0.335 e. The van der Waals surface area contributed by atoms with Crippen molar-refractivity contribution in [3.8, 4) is 0 Å². The highest BCUT2D eigenvalue weighted by molar-refractivity contribution is 6.31. The summed E-state index contributed by atoms with van der Waals surface area (Å²) < 4.78 is 1.75. The van der Waals surface area contributed by atoms with Crippen LogP contribution in [0.3, 0.4) is 0 Å². The number of imidazole rings is 1. The molecule has 0 radical (unpaired) electrons. The van der Waals surface area contributed by atoms with E-state index < -0.39 is 11.5 Å². The van der Waals surface area contributed by atoms with Crippen LogP contribution in [-0.4, -0.2) is 20.6 Å². The first-order valence-corrected chi connectivity index (χ1v) is 8.14. The minimum atomic E-state index is -0.968. The predicted molar refractivity (Wildman–Crippen MR) is 91.9 cm³/mol. The Kier molecular flexibility index (Phi) is 3.28. The molecule has 24 heavy (non-hydrogen) atoms.